The maximum absolute atomic E-state index is 13.6. The van der Waals surface area contributed by atoms with Gasteiger partial charge in [0, 0.05) is 28.5 Å². The number of rotatable bonds is 4. The van der Waals surface area contributed by atoms with Crippen LogP contribution in [0, 0.1) is 5.82 Å². The van der Waals surface area contributed by atoms with E-state index in [1.54, 1.807) is 17.4 Å². The molecule has 0 spiro atoms. The molecule has 90 valence electrons. The van der Waals surface area contributed by atoms with Crippen LogP contribution in [0.5, 0.6) is 0 Å². The fourth-order valence-corrected chi connectivity index (χ4v) is 3.07. The average Bonchev–Trinajstić information content (AvgIpc) is 2.81. The summed E-state index contributed by atoms with van der Waals surface area (Å²) in [6, 6.07) is 9.33. The first-order chi connectivity index (χ1) is 8.22. The lowest BCUT2D eigenvalue weighted by Crippen LogP contribution is -2.17. The number of nitrogens with zero attached hydrogens (tertiary/aromatic N) is 1. The lowest BCUT2D eigenvalue weighted by atomic mass is 10.1. The molecule has 0 saturated carbocycles. The number of hydrogen-bond acceptors (Lipinski definition) is 2. The van der Waals surface area contributed by atoms with Crippen LogP contribution in [0.2, 0.25) is 0 Å². The van der Waals surface area contributed by atoms with Crippen LogP contribution in [0.4, 0.5) is 10.1 Å². The van der Waals surface area contributed by atoms with Crippen molar-refractivity contribution in [2.75, 3.05) is 11.9 Å². The quantitative estimate of drug-likeness (QED) is 0.755. The molecule has 1 nitrogen and oxygen atoms in total. The summed E-state index contributed by atoms with van der Waals surface area (Å²) in [5.41, 5.74) is 1.65. The van der Waals surface area contributed by atoms with E-state index in [0.717, 1.165) is 12.2 Å². The number of halogens is 2. The van der Waals surface area contributed by atoms with Crippen LogP contribution < -0.4 is 4.90 Å². The first kappa shape index (κ1) is 12.6. The highest BCUT2D eigenvalue weighted by atomic mass is 79.9. The van der Waals surface area contributed by atoms with E-state index >= 15 is 0 Å². The molecule has 4 heteroatoms. The van der Waals surface area contributed by atoms with Crippen LogP contribution in [-0.4, -0.2) is 7.05 Å². The van der Waals surface area contributed by atoms with Crippen molar-refractivity contribution in [3.63, 3.8) is 0 Å². The highest BCUT2D eigenvalue weighted by Crippen LogP contribution is 2.26. The summed E-state index contributed by atoms with van der Waals surface area (Å²) in [4.78, 5) is 3.35. The van der Waals surface area contributed by atoms with Crippen molar-refractivity contribution in [1.82, 2.24) is 0 Å². The molecule has 0 aliphatic heterocycles. The lowest BCUT2D eigenvalue weighted by Gasteiger charge is -2.21. The second kappa shape index (κ2) is 5.65. The smallest absolute Gasteiger partial charge is 0.129 e. The van der Waals surface area contributed by atoms with Gasteiger partial charge in [0.05, 0.1) is 6.54 Å². The molecule has 17 heavy (non-hydrogen) atoms. The summed E-state index contributed by atoms with van der Waals surface area (Å²) in [5, 5.41) is 2.59. The van der Waals surface area contributed by atoms with Crippen molar-refractivity contribution in [2.45, 2.75) is 11.9 Å². The van der Waals surface area contributed by atoms with Crippen molar-refractivity contribution < 1.29 is 4.39 Å². The van der Waals surface area contributed by atoms with E-state index in [9.17, 15) is 4.39 Å². The highest BCUT2D eigenvalue weighted by molar-refractivity contribution is 9.08. The Morgan fingerprint density at radius 2 is 2.12 bits per heavy atom. The first-order valence-electron chi connectivity index (χ1n) is 5.29. The van der Waals surface area contributed by atoms with Crippen LogP contribution in [0.1, 0.15) is 10.4 Å². The van der Waals surface area contributed by atoms with Gasteiger partial charge >= 0.3 is 0 Å². The van der Waals surface area contributed by atoms with Crippen LogP contribution in [0.25, 0.3) is 0 Å². The molecule has 0 bridgehead atoms. The molecule has 1 aromatic heterocycles. The maximum Gasteiger partial charge on any atom is 0.129 e. The molecule has 0 unspecified atom stereocenters. The van der Waals surface area contributed by atoms with Gasteiger partial charge in [0.1, 0.15) is 5.82 Å². The minimum atomic E-state index is -0.155. The molecule has 0 atom stereocenters. The van der Waals surface area contributed by atoms with Crippen LogP contribution >= 0.6 is 27.3 Å². The molecular weight excluding hydrogens is 301 g/mol. The Hall–Kier alpha value is -0.870. The predicted octanol–water partition coefficient (Wildman–Crippen LogP) is 4.42. The van der Waals surface area contributed by atoms with Gasteiger partial charge in [-0.25, -0.2) is 4.39 Å². The Morgan fingerprint density at radius 3 is 2.76 bits per heavy atom. The Balaban J connectivity index is 2.24. The van der Waals surface area contributed by atoms with Gasteiger partial charge in [-0.15, -0.1) is 11.3 Å². The standard InChI is InChI=1S/C13H13BrFNS/c1-16(9-10-4-3-7-17-10)13-6-2-5-12(15)11(13)8-14/h2-7H,8-9H2,1H3. The van der Waals surface area contributed by atoms with E-state index in [2.05, 4.69) is 32.3 Å². The largest absolute Gasteiger partial charge is 0.369 e. The van der Waals surface area contributed by atoms with E-state index in [0.29, 0.717) is 10.9 Å². The molecule has 0 amide bonds. The van der Waals surface area contributed by atoms with Gasteiger partial charge < -0.3 is 4.90 Å². The maximum atomic E-state index is 13.6. The Kier molecular flexibility index (Phi) is 4.18. The van der Waals surface area contributed by atoms with E-state index in [1.807, 2.05) is 19.2 Å². The second-order valence-electron chi connectivity index (χ2n) is 3.81. The number of benzene rings is 1. The van der Waals surface area contributed by atoms with Crippen molar-refractivity contribution in [3.05, 3.63) is 52.0 Å². The summed E-state index contributed by atoms with van der Waals surface area (Å²) >= 11 is 5.06. The normalized spacial score (nSPS) is 10.5. The molecule has 1 heterocycles. The molecule has 2 rings (SSSR count). The van der Waals surface area contributed by atoms with Crippen molar-refractivity contribution >= 4 is 33.0 Å². The molecule has 0 radical (unpaired) electrons. The zero-order valence-corrected chi connectivity index (χ0v) is 11.9. The first-order valence-corrected chi connectivity index (χ1v) is 7.29. The van der Waals surface area contributed by atoms with Crippen molar-refractivity contribution in [3.8, 4) is 0 Å². The number of thiophene rings is 1. The SMILES string of the molecule is CN(Cc1cccs1)c1cccc(F)c1CBr. The zero-order valence-electron chi connectivity index (χ0n) is 9.49. The third-order valence-corrected chi connectivity index (χ3v) is 4.03. The predicted molar refractivity (Wildman–Crippen MR) is 75.5 cm³/mol. The van der Waals surface area contributed by atoms with Crippen molar-refractivity contribution in [1.29, 1.82) is 0 Å². The molecule has 0 fully saturated rings. The number of hydrogen-bond donors (Lipinski definition) is 0. The Bertz CT molecular complexity index is 484. The zero-order chi connectivity index (χ0) is 12.3. The van der Waals surface area contributed by atoms with Crippen LogP contribution in [0.15, 0.2) is 35.7 Å². The third-order valence-electron chi connectivity index (χ3n) is 2.61. The Labute approximate surface area is 113 Å². The summed E-state index contributed by atoms with van der Waals surface area (Å²) in [6.07, 6.45) is 0. The monoisotopic (exact) mass is 313 g/mol. The fourth-order valence-electron chi connectivity index (χ4n) is 1.76. The Morgan fingerprint density at radius 1 is 1.29 bits per heavy atom. The molecule has 0 N–H and O–H groups in total. The topological polar surface area (TPSA) is 3.24 Å². The molecule has 2 aromatic rings. The van der Waals surface area contributed by atoms with Gasteiger partial charge in [-0.3, -0.25) is 0 Å². The summed E-state index contributed by atoms with van der Waals surface area (Å²) in [6.45, 7) is 0.807. The van der Waals surface area contributed by atoms with E-state index in [1.165, 1.54) is 10.9 Å². The van der Waals surface area contributed by atoms with Gasteiger partial charge in [0.15, 0.2) is 0 Å². The number of alkyl halides is 1. The second-order valence-corrected chi connectivity index (χ2v) is 5.40. The summed E-state index contributed by atoms with van der Waals surface area (Å²) in [5.74, 6) is -0.155. The van der Waals surface area contributed by atoms with Gasteiger partial charge in [-0.1, -0.05) is 28.1 Å². The van der Waals surface area contributed by atoms with Crippen LogP contribution in [0.3, 0.4) is 0 Å². The molecule has 0 saturated heterocycles. The fraction of sp³-hybridized carbons (Fsp3) is 0.231. The van der Waals surface area contributed by atoms with Crippen molar-refractivity contribution in [2.24, 2.45) is 0 Å². The average molecular weight is 314 g/mol. The van der Waals surface area contributed by atoms with Gasteiger partial charge in [0.25, 0.3) is 0 Å². The molecule has 0 aliphatic rings. The van der Waals surface area contributed by atoms with E-state index < -0.39 is 0 Å². The molecule has 0 aliphatic carbocycles. The van der Waals surface area contributed by atoms with Gasteiger partial charge in [-0.05, 0) is 23.6 Å². The summed E-state index contributed by atoms with van der Waals surface area (Å²) in [7, 11) is 1.99. The third kappa shape index (κ3) is 2.87. The van der Waals surface area contributed by atoms with Gasteiger partial charge in [0.2, 0.25) is 0 Å². The minimum Gasteiger partial charge on any atom is -0.369 e. The highest BCUT2D eigenvalue weighted by Gasteiger charge is 2.11. The van der Waals surface area contributed by atoms with Gasteiger partial charge in [-0.2, -0.15) is 0 Å². The lowest BCUT2D eigenvalue weighted by molar-refractivity contribution is 0.617. The minimum absolute atomic E-state index is 0.155. The molecular formula is C13H13BrFNS. The van der Waals surface area contributed by atoms with E-state index in [4.69, 9.17) is 0 Å². The van der Waals surface area contributed by atoms with Crippen LogP contribution in [-0.2, 0) is 11.9 Å². The van der Waals surface area contributed by atoms with E-state index in [-0.39, 0.29) is 5.82 Å². The number of anilines is 1. The molecule has 1 aromatic carbocycles. The summed E-state index contributed by atoms with van der Waals surface area (Å²) < 4.78 is 13.6.